The minimum absolute atomic E-state index is 0.0504. The zero-order valence-electron chi connectivity index (χ0n) is 22.1. The molecule has 3 aromatic heterocycles. The van der Waals surface area contributed by atoms with Crippen molar-refractivity contribution in [3.8, 4) is 23.2 Å². The fourth-order valence-electron chi connectivity index (χ4n) is 5.65. The van der Waals surface area contributed by atoms with E-state index in [9.17, 15) is 10.1 Å². The van der Waals surface area contributed by atoms with Gasteiger partial charge in [-0.3, -0.25) is 9.69 Å². The largest absolute Gasteiger partial charge is 0.477 e. The van der Waals surface area contributed by atoms with Gasteiger partial charge in [0.1, 0.15) is 11.7 Å². The molecule has 0 aliphatic carbocycles. The second kappa shape index (κ2) is 10.5. The van der Waals surface area contributed by atoms with Crippen molar-refractivity contribution in [2.24, 2.45) is 13.0 Å². The Morgan fingerprint density at radius 2 is 2.00 bits per heavy atom. The number of carbonyl (C=O) groups is 1. The highest BCUT2D eigenvalue weighted by Crippen LogP contribution is 2.30. The van der Waals surface area contributed by atoms with Crippen LogP contribution in [-0.2, 0) is 11.8 Å². The van der Waals surface area contributed by atoms with Crippen LogP contribution < -0.4 is 4.74 Å². The molecule has 3 aromatic rings. The standard InChI is InChI=1S/C28H35N7O2/c1-18(2)35-10-5-6-23(35)28(36)34-12-7-20(8-13-34)17-37-27-19(3)14-21(16-30-27)25-22-9-11-33(4)26(22)32-24(15-29)31-25/h9,11,14,16,18,20,23H,5-8,10,12-13,17H2,1-4H3/t23-/m0/s1. The summed E-state index contributed by atoms with van der Waals surface area (Å²) in [4.78, 5) is 30.9. The fourth-order valence-corrected chi connectivity index (χ4v) is 5.65. The molecule has 2 aliphatic rings. The van der Waals surface area contributed by atoms with E-state index in [0.717, 1.165) is 61.8 Å². The van der Waals surface area contributed by atoms with E-state index < -0.39 is 0 Å². The van der Waals surface area contributed by atoms with Crippen LogP contribution >= 0.6 is 0 Å². The number of rotatable bonds is 6. The number of amides is 1. The SMILES string of the molecule is Cc1cc(-c2nc(C#N)nc3c2ccn3C)cnc1OCC1CCN(C(=O)[C@@H]2CCCN2C(C)C)CC1. The Morgan fingerprint density at radius 3 is 2.70 bits per heavy atom. The molecule has 37 heavy (non-hydrogen) atoms. The summed E-state index contributed by atoms with van der Waals surface area (Å²) in [5.41, 5.74) is 3.16. The molecule has 2 fully saturated rings. The number of piperidine rings is 1. The van der Waals surface area contributed by atoms with Gasteiger partial charge in [-0.15, -0.1) is 0 Å². The number of carbonyl (C=O) groups excluding carboxylic acids is 1. The first-order valence-electron chi connectivity index (χ1n) is 13.2. The van der Waals surface area contributed by atoms with Crippen molar-refractivity contribution in [1.82, 2.24) is 29.3 Å². The third-order valence-corrected chi connectivity index (χ3v) is 7.75. The average molecular weight is 502 g/mol. The summed E-state index contributed by atoms with van der Waals surface area (Å²) in [7, 11) is 1.90. The van der Waals surface area contributed by atoms with Crippen molar-refractivity contribution in [1.29, 1.82) is 5.26 Å². The Labute approximate surface area is 218 Å². The molecule has 1 amide bonds. The predicted molar refractivity (Wildman–Crippen MR) is 141 cm³/mol. The fraction of sp³-hybridized carbons (Fsp3) is 0.536. The van der Waals surface area contributed by atoms with Gasteiger partial charge in [0.2, 0.25) is 17.6 Å². The lowest BCUT2D eigenvalue weighted by Gasteiger charge is -2.36. The molecule has 0 aromatic carbocycles. The van der Waals surface area contributed by atoms with Crippen molar-refractivity contribution >= 4 is 16.9 Å². The minimum Gasteiger partial charge on any atom is -0.477 e. The molecule has 0 N–H and O–H groups in total. The third-order valence-electron chi connectivity index (χ3n) is 7.75. The van der Waals surface area contributed by atoms with Crippen LogP contribution in [-0.4, -0.2) is 73.6 Å². The molecule has 5 rings (SSSR count). The molecule has 9 heteroatoms. The zero-order chi connectivity index (χ0) is 26.1. The Morgan fingerprint density at radius 1 is 1.22 bits per heavy atom. The van der Waals surface area contributed by atoms with Crippen LogP contribution in [0.25, 0.3) is 22.3 Å². The van der Waals surface area contributed by atoms with Crippen LogP contribution in [0.3, 0.4) is 0 Å². The number of likely N-dealkylation sites (tertiary alicyclic amines) is 2. The number of aromatic nitrogens is 4. The molecule has 0 bridgehead atoms. The highest BCUT2D eigenvalue weighted by molar-refractivity contribution is 5.91. The van der Waals surface area contributed by atoms with E-state index in [2.05, 4.69) is 44.7 Å². The number of fused-ring (bicyclic) bond motifs is 1. The summed E-state index contributed by atoms with van der Waals surface area (Å²) in [6.45, 7) is 9.53. The van der Waals surface area contributed by atoms with Crippen LogP contribution in [0.1, 0.15) is 50.9 Å². The number of nitriles is 1. The van der Waals surface area contributed by atoms with E-state index in [0.29, 0.717) is 41.7 Å². The summed E-state index contributed by atoms with van der Waals surface area (Å²) in [6, 6.07) is 6.47. The minimum atomic E-state index is 0.0504. The van der Waals surface area contributed by atoms with Gasteiger partial charge in [-0.05, 0) is 71.0 Å². The van der Waals surface area contributed by atoms with Gasteiger partial charge >= 0.3 is 0 Å². The number of hydrogen-bond acceptors (Lipinski definition) is 7. The molecule has 2 aliphatic heterocycles. The Bertz CT molecular complexity index is 1330. The Hall–Kier alpha value is -3.51. The maximum Gasteiger partial charge on any atom is 0.239 e. The maximum absolute atomic E-state index is 13.1. The van der Waals surface area contributed by atoms with Gasteiger partial charge in [0.05, 0.1) is 18.3 Å². The first kappa shape index (κ1) is 25.2. The number of aryl methyl sites for hydroxylation is 2. The molecule has 0 unspecified atom stereocenters. The molecular weight excluding hydrogens is 466 g/mol. The molecule has 2 saturated heterocycles. The Kier molecular flexibility index (Phi) is 7.11. The van der Waals surface area contributed by atoms with Crippen LogP contribution in [0.4, 0.5) is 0 Å². The quantitative estimate of drug-likeness (QED) is 0.508. The second-order valence-corrected chi connectivity index (χ2v) is 10.6. The summed E-state index contributed by atoms with van der Waals surface area (Å²) < 4.78 is 8.02. The predicted octanol–water partition coefficient (Wildman–Crippen LogP) is 3.70. The lowest BCUT2D eigenvalue weighted by atomic mass is 9.97. The molecule has 0 radical (unpaired) electrons. The molecule has 5 heterocycles. The van der Waals surface area contributed by atoms with Crippen molar-refractivity contribution in [3.63, 3.8) is 0 Å². The van der Waals surface area contributed by atoms with Crippen LogP contribution in [0.5, 0.6) is 5.88 Å². The summed E-state index contributed by atoms with van der Waals surface area (Å²) in [5.74, 6) is 1.45. The van der Waals surface area contributed by atoms with E-state index in [1.807, 2.05) is 36.9 Å². The molecular formula is C28H35N7O2. The topological polar surface area (TPSA) is 100 Å². The Balaban J connectivity index is 1.20. The van der Waals surface area contributed by atoms with Crippen LogP contribution in [0, 0.1) is 24.2 Å². The van der Waals surface area contributed by atoms with E-state index in [1.54, 1.807) is 6.20 Å². The number of hydrogen-bond donors (Lipinski definition) is 0. The summed E-state index contributed by atoms with van der Waals surface area (Å²) in [5, 5.41) is 10.3. The summed E-state index contributed by atoms with van der Waals surface area (Å²) in [6.07, 6.45) is 7.64. The van der Waals surface area contributed by atoms with Crippen molar-refractivity contribution in [3.05, 3.63) is 35.9 Å². The third kappa shape index (κ3) is 5.03. The van der Waals surface area contributed by atoms with E-state index in [1.165, 1.54) is 0 Å². The zero-order valence-corrected chi connectivity index (χ0v) is 22.1. The van der Waals surface area contributed by atoms with E-state index >= 15 is 0 Å². The number of pyridine rings is 1. The molecule has 1 atom stereocenters. The molecule has 0 saturated carbocycles. The first-order valence-corrected chi connectivity index (χ1v) is 13.2. The van der Waals surface area contributed by atoms with Gasteiger partial charge in [-0.25, -0.2) is 15.0 Å². The van der Waals surface area contributed by atoms with E-state index in [-0.39, 0.29) is 11.9 Å². The smallest absolute Gasteiger partial charge is 0.239 e. The molecule has 194 valence electrons. The molecule has 0 spiro atoms. The monoisotopic (exact) mass is 501 g/mol. The number of ether oxygens (including phenoxy) is 1. The lowest BCUT2D eigenvalue weighted by Crippen LogP contribution is -2.50. The average Bonchev–Trinajstić information content (AvgIpc) is 3.55. The van der Waals surface area contributed by atoms with Crippen molar-refractivity contribution in [2.75, 3.05) is 26.2 Å². The highest BCUT2D eigenvalue weighted by atomic mass is 16.5. The van der Waals surface area contributed by atoms with Gasteiger partial charge in [-0.2, -0.15) is 5.26 Å². The van der Waals surface area contributed by atoms with Crippen LogP contribution in [0.2, 0.25) is 0 Å². The van der Waals surface area contributed by atoms with Crippen molar-refractivity contribution in [2.45, 2.75) is 58.5 Å². The van der Waals surface area contributed by atoms with Gasteiger partial charge in [0.25, 0.3) is 0 Å². The first-order chi connectivity index (χ1) is 17.9. The molecule has 9 nitrogen and oxygen atoms in total. The second-order valence-electron chi connectivity index (χ2n) is 10.6. The van der Waals surface area contributed by atoms with Gasteiger partial charge in [0.15, 0.2) is 0 Å². The van der Waals surface area contributed by atoms with Gasteiger partial charge in [0, 0.05) is 55.1 Å². The van der Waals surface area contributed by atoms with Gasteiger partial charge in [-0.1, -0.05) is 0 Å². The van der Waals surface area contributed by atoms with Gasteiger partial charge < -0.3 is 14.2 Å². The van der Waals surface area contributed by atoms with Crippen LogP contribution in [0.15, 0.2) is 24.5 Å². The normalized spacial score (nSPS) is 19.0. The number of nitrogens with zero attached hydrogens (tertiary/aromatic N) is 7. The maximum atomic E-state index is 13.1. The highest BCUT2D eigenvalue weighted by Gasteiger charge is 2.36. The van der Waals surface area contributed by atoms with Crippen molar-refractivity contribution < 1.29 is 9.53 Å². The lowest BCUT2D eigenvalue weighted by molar-refractivity contribution is -0.138. The van der Waals surface area contributed by atoms with E-state index in [4.69, 9.17) is 4.74 Å². The summed E-state index contributed by atoms with van der Waals surface area (Å²) >= 11 is 0.